The van der Waals surface area contributed by atoms with Gasteiger partial charge in [-0.2, -0.15) is 0 Å². The lowest BCUT2D eigenvalue weighted by Gasteiger charge is -2.18. The van der Waals surface area contributed by atoms with E-state index in [1.54, 1.807) is 18.2 Å². The van der Waals surface area contributed by atoms with Gasteiger partial charge in [0.15, 0.2) is 5.58 Å². The second-order valence-corrected chi connectivity index (χ2v) is 6.41. The molecule has 1 heterocycles. The molecule has 0 spiro atoms. The van der Waals surface area contributed by atoms with Gasteiger partial charge in [0.25, 0.3) is 5.89 Å². The smallest absolute Gasteiger partial charge is 0.266 e. The third-order valence-electron chi connectivity index (χ3n) is 4.29. The van der Waals surface area contributed by atoms with E-state index in [1.807, 2.05) is 43.3 Å². The van der Waals surface area contributed by atoms with Crippen molar-refractivity contribution in [1.29, 1.82) is 0 Å². The SMILES string of the molecule is CCC[C@H](NC(=O)[C@@H](O)Cc1ccccc1)C(=O)c1nc2ccccc2o1. The summed E-state index contributed by atoms with van der Waals surface area (Å²) in [6, 6.07) is 15.5. The Morgan fingerprint density at radius 2 is 1.81 bits per heavy atom. The molecule has 0 unspecified atom stereocenters. The molecule has 27 heavy (non-hydrogen) atoms. The summed E-state index contributed by atoms with van der Waals surface area (Å²) in [7, 11) is 0. The average molecular weight is 366 g/mol. The van der Waals surface area contributed by atoms with E-state index in [-0.39, 0.29) is 12.3 Å². The monoisotopic (exact) mass is 366 g/mol. The molecule has 3 rings (SSSR count). The summed E-state index contributed by atoms with van der Waals surface area (Å²) in [5.74, 6) is -1.01. The Balaban J connectivity index is 1.70. The van der Waals surface area contributed by atoms with Crippen molar-refractivity contribution in [3.8, 4) is 0 Å². The zero-order chi connectivity index (χ0) is 19.2. The first-order valence-corrected chi connectivity index (χ1v) is 9.00. The fourth-order valence-electron chi connectivity index (χ4n) is 2.88. The quantitative estimate of drug-likeness (QED) is 0.598. The van der Waals surface area contributed by atoms with Crippen LogP contribution < -0.4 is 5.32 Å². The minimum atomic E-state index is -1.23. The highest BCUT2D eigenvalue weighted by Gasteiger charge is 2.28. The lowest BCUT2D eigenvalue weighted by Crippen LogP contribution is -2.46. The molecule has 0 radical (unpaired) electrons. The summed E-state index contributed by atoms with van der Waals surface area (Å²) in [4.78, 5) is 29.4. The maximum absolute atomic E-state index is 12.8. The summed E-state index contributed by atoms with van der Waals surface area (Å²) in [6.45, 7) is 1.92. The number of nitrogens with one attached hydrogen (secondary N) is 1. The number of aromatic nitrogens is 1. The van der Waals surface area contributed by atoms with Gasteiger partial charge in [0.05, 0.1) is 6.04 Å². The molecule has 0 aliphatic heterocycles. The van der Waals surface area contributed by atoms with Crippen LogP contribution in [0.25, 0.3) is 11.1 Å². The Bertz CT molecular complexity index is 887. The van der Waals surface area contributed by atoms with Crippen LogP contribution in [-0.2, 0) is 11.2 Å². The first kappa shape index (κ1) is 18.8. The highest BCUT2D eigenvalue weighted by atomic mass is 16.4. The van der Waals surface area contributed by atoms with Crippen molar-refractivity contribution in [2.45, 2.75) is 38.3 Å². The zero-order valence-electron chi connectivity index (χ0n) is 15.1. The van der Waals surface area contributed by atoms with Gasteiger partial charge >= 0.3 is 0 Å². The molecule has 2 atom stereocenters. The summed E-state index contributed by atoms with van der Waals surface area (Å²) >= 11 is 0. The largest absolute Gasteiger partial charge is 0.434 e. The molecular weight excluding hydrogens is 344 g/mol. The van der Waals surface area contributed by atoms with E-state index in [1.165, 1.54) is 0 Å². The molecule has 1 amide bonds. The van der Waals surface area contributed by atoms with Crippen LogP contribution in [0.5, 0.6) is 0 Å². The Labute approximate surface area is 157 Å². The third-order valence-corrected chi connectivity index (χ3v) is 4.29. The van der Waals surface area contributed by atoms with E-state index in [0.29, 0.717) is 23.9 Å². The number of hydrogen-bond donors (Lipinski definition) is 2. The van der Waals surface area contributed by atoms with Gasteiger partial charge in [0, 0.05) is 6.42 Å². The highest BCUT2D eigenvalue weighted by Crippen LogP contribution is 2.17. The highest BCUT2D eigenvalue weighted by molar-refractivity contribution is 6.00. The van der Waals surface area contributed by atoms with Crippen LogP contribution in [0, 0.1) is 0 Å². The number of aliphatic hydroxyl groups excluding tert-OH is 1. The molecule has 2 N–H and O–H groups in total. The number of aliphatic hydroxyl groups is 1. The number of hydrogen-bond acceptors (Lipinski definition) is 5. The minimum Gasteiger partial charge on any atom is -0.434 e. The lowest BCUT2D eigenvalue weighted by molar-refractivity contribution is -0.129. The van der Waals surface area contributed by atoms with Crippen molar-refractivity contribution in [3.63, 3.8) is 0 Å². The van der Waals surface area contributed by atoms with E-state index < -0.39 is 23.8 Å². The van der Waals surface area contributed by atoms with Crippen LogP contribution in [0.2, 0.25) is 0 Å². The predicted octanol–water partition coefficient (Wildman–Crippen LogP) is 2.90. The Morgan fingerprint density at radius 3 is 2.52 bits per heavy atom. The number of fused-ring (bicyclic) bond motifs is 1. The zero-order valence-corrected chi connectivity index (χ0v) is 15.1. The Hall–Kier alpha value is -2.99. The summed E-state index contributed by atoms with van der Waals surface area (Å²) < 4.78 is 5.52. The first-order chi connectivity index (χ1) is 13.1. The molecule has 6 nitrogen and oxygen atoms in total. The van der Waals surface area contributed by atoms with E-state index in [0.717, 1.165) is 5.56 Å². The number of rotatable bonds is 8. The molecule has 0 saturated carbocycles. The number of Topliss-reactive ketones (excluding diaryl/α,β-unsaturated/α-hetero) is 1. The van der Waals surface area contributed by atoms with Crippen molar-refractivity contribution in [1.82, 2.24) is 10.3 Å². The molecule has 0 aliphatic carbocycles. The van der Waals surface area contributed by atoms with Gasteiger partial charge in [-0.3, -0.25) is 9.59 Å². The molecule has 0 bridgehead atoms. The third kappa shape index (κ3) is 4.60. The van der Waals surface area contributed by atoms with E-state index in [4.69, 9.17) is 4.42 Å². The maximum Gasteiger partial charge on any atom is 0.266 e. The normalized spacial score (nSPS) is 13.3. The number of carbonyl (C=O) groups is 2. The van der Waals surface area contributed by atoms with Crippen LogP contribution in [0.15, 0.2) is 59.0 Å². The number of oxazole rings is 1. The van der Waals surface area contributed by atoms with Gasteiger partial charge in [-0.1, -0.05) is 55.8 Å². The number of benzene rings is 2. The molecular formula is C21H22N2O4. The van der Waals surface area contributed by atoms with Crippen LogP contribution in [0.4, 0.5) is 0 Å². The number of para-hydroxylation sites is 2. The van der Waals surface area contributed by atoms with Crippen molar-refractivity contribution < 1.29 is 19.1 Å². The van der Waals surface area contributed by atoms with Crippen molar-refractivity contribution >= 4 is 22.8 Å². The van der Waals surface area contributed by atoms with E-state index in [2.05, 4.69) is 10.3 Å². The van der Waals surface area contributed by atoms with E-state index in [9.17, 15) is 14.7 Å². The molecule has 1 aromatic heterocycles. The molecule has 0 aliphatic rings. The fourth-order valence-corrected chi connectivity index (χ4v) is 2.88. The maximum atomic E-state index is 12.8. The molecule has 2 aromatic carbocycles. The molecule has 0 fully saturated rings. The Morgan fingerprint density at radius 1 is 1.11 bits per heavy atom. The van der Waals surface area contributed by atoms with Crippen molar-refractivity contribution in [3.05, 3.63) is 66.1 Å². The van der Waals surface area contributed by atoms with Crippen molar-refractivity contribution in [2.24, 2.45) is 0 Å². The number of nitrogens with zero attached hydrogens (tertiary/aromatic N) is 1. The summed E-state index contributed by atoms with van der Waals surface area (Å²) in [6.07, 6.45) is 0.0681. The second-order valence-electron chi connectivity index (χ2n) is 6.41. The van der Waals surface area contributed by atoms with Crippen LogP contribution in [-0.4, -0.2) is 33.9 Å². The van der Waals surface area contributed by atoms with Crippen molar-refractivity contribution in [2.75, 3.05) is 0 Å². The van der Waals surface area contributed by atoms with Gasteiger partial charge in [-0.25, -0.2) is 4.98 Å². The van der Waals surface area contributed by atoms with Gasteiger partial charge in [0.2, 0.25) is 11.7 Å². The van der Waals surface area contributed by atoms with E-state index >= 15 is 0 Å². The number of amides is 1. The molecule has 6 heteroatoms. The second kappa shape index (κ2) is 8.60. The minimum absolute atomic E-state index is 0.0347. The molecule has 140 valence electrons. The van der Waals surface area contributed by atoms with Gasteiger partial charge in [-0.05, 0) is 24.1 Å². The van der Waals surface area contributed by atoms with Gasteiger partial charge in [-0.15, -0.1) is 0 Å². The van der Waals surface area contributed by atoms with Crippen LogP contribution in [0.3, 0.4) is 0 Å². The van der Waals surface area contributed by atoms with Crippen LogP contribution >= 0.6 is 0 Å². The lowest BCUT2D eigenvalue weighted by atomic mass is 10.0. The number of ketones is 1. The summed E-state index contributed by atoms with van der Waals surface area (Å²) in [5, 5.41) is 12.8. The fraction of sp³-hybridized carbons (Fsp3) is 0.286. The first-order valence-electron chi connectivity index (χ1n) is 9.00. The summed E-state index contributed by atoms with van der Waals surface area (Å²) in [5.41, 5.74) is 1.95. The standard InChI is InChI=1S/C21H22N2O4/c1-2-8-16(19(25)21-23-15-11-6-7-12-18(15)27-21)22-20(26)17(24)13-14-9-4-3-5-10-14/h3-7,9-12,16-17,24H,2,8,13H2,1H3,(H,22,26)/t16-,17-/m0/s1. The van der Waals surface area contributed by atoms with Gasteiger partial charge < -0.3 is 14.8 Å². The van der Waals surface area contributed by atoms with Gasteiger partial charge in [0.1, 0.15) is 11.6 Å². The van der Waals surface area contributed by atoms with Crippen LogP contribution in [0.1, 0.15) is 36.0 Å². The molecule has 3 aromatic rings. The predicted molar refractivity (Wildman–Crippen MR) is 101 cm³/mol. The molecule has 0 saturated heterocycles. The topological polar surface area (TPSA) is 92.4 Å². The average Bonchev–Trinajstić information content (AvgIpc) is 3.12. The Kier molecular flexibility index (Phi) is 5.98. The number of carbonyl (C=O) groups excluding carboxylic acids is 2.